The highest BCUT2D eigenvalue weighted by molar-refractivity contribution is 7.80. The predicted molar refractivity (Wildman–Crippen MR) is 48.9 cm³/mol. The summed E-state index contributed by atoms with van der Waals surface area (Å²) in [5.41, 5.74) is 0. The second-order valence-corrected chi connectivity index (χ2v) is 3.60. The van der Waals surface area contributed by atoms with Gasteiger partial charge < -0.3 is 10.0 Å². The molecule has 3 nitrogen and oxygen atoms in total. The van der Waals surface area contributed by atoms with Crippen molar-refractivity contribution in [1.82, 2.24) is 9.80 Å². The van der Waals surface area contributed by atoms with Crippen molar-refractivity contribution < 1.29 is 5.11 Å². The third kappa shape index (κ3) is 2.63. The number of aliphatic hydroxyl groups is 1. The quantitative estimate of drug-likeness (QED) is 0.554. The molecule has 1 heterocycles. The lowest BCUT2D eigenvalue weighted by Crippen LogP contribution is -2.48. The number of hydrogen-bond acceptors (Lipinski definition) is 4. The lowest BCUT2D eigenvalue weighted by Gasteiger charge is -2.35. The Morgan fingerprint density at radius 3 is 2.36 bits per heavy atom. The Labute approximate surface area is 73.4 Å². The van der Waals surface area contributed by atoms with Crippen LogP contribution in [0.15, 0.2) is 0 Å². The molecule has 0 amide bonds. The van der Waals surface area contributed by atoms with Crippen LogP contribution in [0.3, 0.4) is 0 Å². The molecule has 0 spiro atoms. The van der Waals surface area contributed by atoms with Crippen molar-refractivity contribution in [3.05, 3.63) is 0 Å². The summed E-state index contributed by atoms with van der Waals surface area (Å²) in [6, 6.07) is 0. The molecule has 0 aromatic heterocycles. The Kier molecular flexibility index (Phi) is 3.65. The maximum absolute atomic E-state index is 8.82. The molecule has 4 heteroatoms. The molecule has 1 aliphatic heterocycles. The van der Waals surface area contributed by atoms with Crippen LogP contribution in [0, 0.1) is 0 Å². The Morgan fingerprint density at radius 1 is 1.36 bits per heavy atom. The van der Waals surface area contributed by atoms with Crippen molar-refractivity contribution in [1.29, 1.82) is 0 Å². The lowest BCUT2D eigenvalue weighted by atomic mass is 10.3. The average molecular weight is 176 g/mol. The third-order valence-electron chi connectivity index (χ3n) is 2.12. The lowest BCUT2D eigenvalue weighted by molar-refractivity contribution is 0.114. The first-order valence-electron chi connectivity index (χ1n) is 3.95. The van der Waals surface area contributed by atoms with Crippen molar-refractivity contribution in [3.8, 4) is 0 Å². The van der Waals surface area contributed by atoms with Crippen molar-refractivity contribution in [2.45, 2.75) is 5.37 Å². The number of thiol groups is 1. The number of hydrogen-bond donors (Lipinski definition) is 2. The molecule has 1 fully saturated rings. The largest absolute Gasteiger partial charge is 0.394 e. The third-order valence-corrected chi connectivity index (χ3v) is 2.61. The summed E-state index contributed by atoms with van der Waals surface area (Å²) in [4.78, 5) is 4.48. The fourth-order valence-electron chi connectivity index (χ4n) is 1.24. The Balaban J connectivity index is 2.27. The number of aliphatic hydroxyl groups excluding tert-OH is 1. The van der Waals surface area contributed by atoms with Gasteiger partial charge in [0.25, 0.3) is 0 Å². The van der Waals surface area contributed by atoms with E-state index in [1.807, 2.05) is 0 Å². The van der Waals surface area contributed by atoms with E-state index in [4.69, 9.17) is 5.11 Å². The Bertz CT molecular complexity index is 115. The molecule has 0 bridgehead atoms. The number of likely N-dealkylation sites (N-methyl/N-ethyl adjacent to an activating group) is 1. The molecule has 0 radical (unpaired) electrons. The zero-order valence-electron chi connectivity index (χ0n) is 6.90. The Hall–Kier alpha value is 0.230. The topological polar surface area (TPSA) is 26.7 Å². The fraction of sp³-hybridized carbons (Fsp3) is 1.00. The SMILES string of the molecule is CN1CCN(C(S)CO)CC1. The van der Waals surface area contributed by atoms with E-state index >= 15 is 0 Å². The van der Waals surface area contributed by atoms with Crippen LogP contribution >= 0.6 is 12.6 Å². The molecule has 0 aliphatic carbocycles. The molecule has 1 aliphatic rings. The second-order valence-electron chi connectivity index (χ2n) is 3.00. The number of rotatable bonds is 2. The van der Waals surface area contributed by atoms with Crippen LogP contribution in [-0.2, 0) is 0 Å². The molecule has 1 rings (SSSR count). The zero-order chi connectivity index (χ0) is 8.27. The van der Waals surface area contributed by atoms with Gasteiger partial charge in [0.2, 0.25) is 0 Å². The first-order valence-corrected chi connectivity index (χ1v) is 4.47. The van der Waals surface area contributed by atoms with Gasteiger partial charge >= 0.3 is 0 Å². The summed E-state index contributed by atoms with van der Waals surface area (Å²) in [5.74, 6) is 0. The number of nitrogens with zero attached hydrogens (tertiary/aromatic N) is 2. The normalized spacial score (nSPS) is 25.4. The molecule has 1 atom stereocenters. The monoisotopic (exact) mass is 176 g/mol. The van der Waals surface area contributed by atoms with E-state index in [-0.39, 0.29) is 12.0 Å². The van der Waals surface area contributed by atoms with Gasteiger partial charge in [0.15, 0.2) is 0 Å². The summed E-state index contributed by atoms with van der Waals surface area (Å²) < 4.78 is 0. The molecule has 0 saturated carbocycles. The van der Waals surface area contributed by atoms with Crippen LogP contribution in [0.1, 0.15) is 0 Å². The second kappa shape index (κ2) is 4.30. The van der Waals surface area contributed by atoms with E-state index in [1.165, 1.54) is 0 Å². The van der Waals surface area contributed by atoms with Crippen LogP contribution in [0.4, 0.5) is 0 Å². The maximum Gasteiger partial charge on any atom is 0.0763 e. The van der Waals surface area contributed by atoms with Crippen LogP contribution in [-0.4, -0.2) is 60.1 Å². The smallest absolute Gasteiger partial charge is 0.0763 e. The zero-order valence-corrected chi connectivity index (χ0v) is 7.80. The summed E-state index contributed by atoms with van der Waals surface area (Å²) >= 11 is 4.26. The molecule has 11 heavy (non-hydrogen) atoms. The molecular weight excluding hydrogens is 160 g/mol. The van der Waals surface area contributed by atoms with Crippen LogP contribution in [0.25, 0.3) is 0 Å². The molecule has 0 aromatic rings. The van der Waals surface area contributed by atoms with E-state index in [2.05, 4.69) is 29.5 Å². The molecule has 1 N–H and O–H groups in total. The van der Waals surface area contributed by atoms with Crippen LogP contribution in [0.5, 0.6) is 0 Å². The van der Waals surface area contributed by atoms with Gasteiger partial charge in [0.05, 0.1) is 12.0 Å². The highest BCUT2D eigenvalue weighted by Gasteiger charge is 2.18. The summed E-state index contributed by atoms with van der Waals surface area (Å²) in [6.07, 6.45) is 0. The Morgan fingerprint density at radius 2 is 1.91 bits per heavy atom. The predicted octanol–water partition coefficient (Wildman–Crippen LogP) is -0.518. The fourth-order valence-corrected chi connectivity index (χ4v) is 1.47. The van der Waals surface area contributed by atoms with Gasteiger partial charge in [0.1, 0.15) is 0 Å². The summed E-state index contributed by atoms with van der Waals surface area (Å²) in [5, 5.41) is 8.85. The van der Waals surface area contributed by atoms with Crippen LogP contribution < -0.4 is 0 Å². The first-order chi connectivity index (χ1) is 5.24. The van der Waals surface area contributed by atoms with Gasteiger partial charge in [-0.3, -0.25) is 4.90 Å². The highest BCUT2D eigenvalue weighted by atomic mass is 32.1. The van der Waals surface area contributed by atoms with Gasteiger partial charge in [-0.2, -0.15) is 12.6 Å². The highest BCUT2D eigenvalue weighted by Crippen LogP contribution is 2.06. The minimum absolute atomic E-state index is 0.0312. The van der Waals surface area contributed by atoms with E-state index < -0.39 is 0 Å². The van der Waals surface area contributed by atoms with Crippen molar-refractivity contribution in [3.63, 3.8) is 0 Å². The average Bonchev–Trinajstić information content (AvgIpc) is 2.05. The summed E-state index contributed by atoms with van der Waals surface area (Å²) in [6.45, 7) is 4.34. The van der Waals surface area contributed by atoms with Gasteiger partial charge in [-0.05, 0) is 7.05 Å². The minimum atomic E-state index is 0.0312. The van der Waals surface area contributed by atoms with Gasteiger partial charge in [-0.25, -0.2) is 0 Å². The molecule has 0 aromatic carbocycles. The maximum atomic E-state index is 8.82. The molecule has 1 saturated heterocycles. The van der Waals surface area contributed by atoms with Gasteiger partial charge in [-0.1, -0.05) is 0 Å². The standard InChI is InChI=1S/C7H16N2OS/c1-8-2-4-9(5-3-8)7(11)6-10/h7,10-11H,2-6H2,1H3. The molecule has 1 unspecified atom stereocenters. The van der Waals surface area contributed by atoms with Crippen molar-refractivity contribution in [2.75, 3.05) is 39.8 Å². The summed E-state index contributed by atoms with van der Waals surface area (Å²) in [7, 11) is 2.11. The van der Waals surface area contributed by atoms with Crippen molar-refractivity contribution >= 4 is 12.6 Å². The minimum Gasteiger partial charge on any atom is -0.394 e. The van der Waals surface area contributed by atoms with Gasteiger partial charge in [-0.15, -0.1) is 0 Å². The van der Waals surface area contributed by atoms with Crippen LogP contribution in [0.2, 0.25) is 0 Å². The van der Waals surface area contributed by atoms with E-state index in [0.717, 1.165) is 26.2 Å². The van der Waals surface area contributed by atoms with E-state index in [0.29, 0.717) is 0 Å². The van der Waals surface area contributed by atoms with Gasteiger partial charge in [0, 0.05) is 26.2 Å². The van der Waals surface area contributed by atoms with E-state index in [9.17, 15) is 0 Å². The van der Waals surface area contributed by atoms with Crippen molar-refractivity contribution in [2.24, 2.45) is 0 Å². The molecule has 66 valence electrons. The van der Waals surface area contributed by atoms with E-state index in [1.54, 1.807) is 0 Å². The molecular formula is C7H16N2OS. The number of piperazine rings is 1. The first kappa shape index (κ1) is 9.32.